The first-order chi connectivity index (χ1) is 13.2. The molecule has 1 aromatic heterocycles. The minimum absolute atomic E-state index is 0.0574. The van der Waals surface area contributed by atoms with Gasteiger partial charge in [-0.25, -0.2) is 0 Å². The number of nitrogens with one attached hydrogen (secondary N) is 1. The van der Waals surface area contributed by atoms with E-state index in [1.165, 1.54) is 0 Å². The SMILES string of the molecule is O=C(CCc1ccccc1O)NCc1cccc(OCc2ccccn2)c1. The first-order valence-electron chi connectivity index (χ1n) is 8.86. The highest BCUT2D eigenvalue weighted by atomic mass is 16.5. The molecule has 0 aliphatic carbocycles. The van der Waals surface area contributed by atoms with Gasteiger partial charge in [-0.3, -0.25) is 9.78 Å². The van der Waals surface area contributed by atoms with Gasteiger partial charge in [0.25, 0.3) is 0 Å². The maximum absolute atomic E-state index is 12.1. The van der Waals surface area contributed by atoms with E-state index in [9.17, 15) is 9.90 Å². The van der Waals surface area contributed by atoms with Gasteiger partial charge >= 0.3 is 0 Å². The smallest absolute Gasteiger partial charge is 0.220 e. The summed E-state index contributed by atoms with van der Waals surface area (Å²) in [5, 5.41) is 12.6. The van der Waals surface area contributed by atoms with Crippen LogP contribution < -0.4 is 10.1 Å². The number of benzene rings is 2. The summed E-state index contributed by atoms with van der Waals surface area (Å²) in [4.78, 5) is 16.3. The Bertz CT molecular complexity index is 881. The summed E-state index contributed by atoms with van der Waals surface area (Å²) in [7, 11) is 0. The molecule has 0 unspecified atom stereocenters. The van der Waals surface area contributed by atoms with Gasteiger partial charge in [-0.2, -0.15) is 0 Å². The lowest BCUT2D eigenvalue weighted by atomic mass is 10.1. The van der Waals surface area contributed by atoms with Crippen molar-refractivity contribution in [2.45, 2.75) is 26.0 Å². The number of amides is 1. The van der Waals surface area contributed by atoms with E-state index in [2.05, 4.69) is 10.3 Å². The number of ether oxygens (including phenoxy) is 1. The zero-order valence-electron chi connectivity index (χ0n) is 15.0. The van der Waals surface area contributed by atoms with E-state index in [4.69, 9.17) is 4.74 Å². The molecule has 0 aliphatic rings. The number of para-hydroxylation sites is 1. The van der Waals surface area contributed by atoms with Crippen molar-refractivity contribution in [3.8, 4) is 11.5 Å². The number of aromatic nitrogens is 1. The number of pyridine rings is 1. The third kappa shape index (κ3) is 5.85. The molecular formula is C22H22N2O3. The van der Waals surface area contributed by atoms with Gasteiger partial charge < -0.3 is 15.2 Å². The molecule has 5 heteroatoms. The number of carbonyl (C=O) groups is 1. The predicted octanol–water partition coefficient (Wildman–Crippen LogP) is 3.62. The van der Waals surface area contributed by atoms with Gasteiger partial charge in [-0.15, -0.1) is 0 Å². The molecule has 0 radical (unpaired) electrons. The predicted molar refractivity (Wildman–Crippen MR) is 103 cm³/mol. The molecule has 1 amide bonds. The summed E-state index contributed by atoms with van der Waals surface area (Å²) >= 11 is 0. The van der Waals surface area contributed by atoms with Crippen LogP contribution in [0.25, 0.3) is 0 Å². The van der Waals surface area contributed by atoms with Gasteiger partial charge in [0.2, 0.25) is 5.91 Å². The van der Waals surface area contributed by atoms with Gasteiger partial charge in [0.05, 0.1) is 5.69 Å². The van der Waals surface area contributed by atoms with Crippen LogP contribution >= 0.6 is 0 Å². The van der Waals surface area contributed by atoms with Gasteiger partial charge in [0, 0.05) is 19.2 Å². The molecule has 0 atom stereocenters. The van der Waals surface area contributed by atoms with E-state index in [0.29, 0.717) is 26.0 Å². The standard InChI is InChI=1S/C22H22N2O3/c25-21-10-2-1-7-18(21)11-12-22(26)24-15-17-6-5-9-20(14-17)27-16-19-8-3-4-13-23-19/h1-10,13-14,25H,11-12,15-16H2,(H,24,26). The molecule has 0 saturated carbocycles. The van der Waals surface area contributed by atoms with Crippen LogP contribution in [-0.2, 0) is 24.4 Å². The second-order valence-corrected chi connectivity index (χ2v) is 6.16. The molecule has 1 heterocycles. The lowest BCUT2D eigenvalue weighted by Gasteiger charge is -2.09. The summed E-state index contributed by atoms with van der Waals surface area (Å²) < 4.78 is 5.76. The van der Waals surface area contributed by atoms with Crippen LogP contribution in [0, 0.1) is 0 Å². The number of phenols is 1. The molecule has 0 aliphatic heterocycles. The number of hydrogen-bond acceptors (Lipinski definition) is 4. The number of nitrogens with zero attached hydrogens (tertiary/aromatic N) is 1. The Morgan fingerprint density at radius 1 is 1.04 bits per heavy atom. The lowest BCUT2D eigenvalue weighted by Crippen LogP contribution is -2.23. The van der Waals surface area contributed by atoms with Crippen LogP contribution in [0.2, 0.25) is 0 Å². The Balaban J connectivity index is 1.46. The fourth-order valence-corrected chi connectivity index (χ4v) is 2.65. The number of carbonyl (C=O) groups excluding carboxylic acids is 1. The number of hydrogen-bond donors (Lipinski definition) is 2. The largest absolute Gasteiger partial charge is 0.508 e. The maximum Gasteiger partial charge on any atom is 0.220 e. The molecule has 2 aromatic carbocycles. The highest BCUT2D eigenvalue weighted by molar-refractivity contribution is 5.76. The highest BCUT2D eigenvalue weighted by Gasteiger charge is 2.06. The van der Waals surface area contributed by atoms with Crippen LogP contribution in [0.4, 0.5) is 0 Å². The summed E-state index contributed by atoms with van der Waals surface area (Å²) in [5.74, 6) is 0.905. The molecule has 3 rings (SSSR count). The van der Waals surface area contributed by atoms with E-state index in [1.54, 1.807) is 18.3 Å². The number of rotatable bonds is 8. The average molecular weight is 362 g/mol. The fourth-order valence-electron chi connectivity index (χ4n) is 2.65. The Morgan fingerprint density at radius 3 is 2.70 bits per heavy atom. The minimum atomic E-state index is -0.0574. The number of aryl methyl sites for hydroxylation is 1. The van der Waals surface area contributed by atoms with Crippen molar-refractivity contribution >= 4 is 5.91 Å². The van der Waals surface area contributed by atoms with Crippen LogP contribution in [0.3, 0.4) is 0 Å². The summed E-state index contributed by atoms with van der Waals surface area (Å²) in [5.41, 5.74) is 2.60. The first kappa shape index (κ1) is 18.5. The van der Waals surface area contributed by atoms with Gasteiger partial charge in [-0.1, -0.05) is 36.4 Å². The maximum atomic E-state index is 12.1. The van der Waals surface area contributed by atoms with Crippen molar-refractivity contribution in [2.75, 3.05) is 0 Å². The average Bonchev–Trinajstić information content (AvgIpc) is 2.71. The second-order valence-electron chi connectivity index (χ2n) is 6.16. The van der Waals surface area contributed by atoms with Gasteiger partial charge in [-0.05, 0) is 47.9 Å². The fraction of sp³-hybridized carbons (Fsp3) is 0.182. The monoisotopic (exact) mass is 362 g/mol. The molecule has 0 fully saturated rings. The zero-order chi connectivity index (χ0) is 18.9. The highest BCUT2D eigenvalue weighted by Crippen LogP contribution is 2.17. The topological polar surface area (TPSA) is 71.5 Å². The Hall–Kier alpha value is -3.34. The zero-order valence-corrected chi connectivity index (χ0v) is 15.0. The third-order valence-corrected chi connectivity index (χ3v) is 4.11. The molecule has 0 bridgehead atoms. The summed E-state index contributed by atoms with van der Waals surface area (Å²) in [6, 6.07) is 20.4. The summed E-state index contributed by atoms with van der Waals surface area (Å²) in [6.45, 7) is 0.831. The van der Waals surface area contributed by atoms with Gasteiger partial charge in [0.1, 0.15) is 18.1 Å². The Morgan fingerprint density at radius 2 is 1.89 bits per heavy atom. The van der Waals surface area contributed by atoms with Gasteiger partial charge in [0.15, 0.2) is 0 Å². The van der Waals surface area contributed by atoms with Crippen molar-refractivity contribution in [2.24, 2.45) is 0 Å². The molecule has 138 valence electrons. The first-order valence-corrected chi connectivity index (χ1v) is 8.86. The number of aromatic hydroxyl groups is 1. The molecule has 2 N–H and O–H groups in total. The summed E-state index contributed by atoms with van der Waals surface area (Å²) in [6.07, 6.45) is 2.57. The number of phenolic OH excluding ortho intramolecular Hbond substituents is 1. The van der Waals surface area contributed by atoms with Crippen molar-refractivity contribution in [3.05, 3.63) is 89.7 Å². The van der Waals surface area contributed by atoms with Crippen molar-refractivity contribution < 1.29 is 14.6 Å². The van der Waals surface area contributed by atoms with Crippen molar-refractivity contribution in [1.82, 2.24) is 10.3 Å². The normalized spacial score (nSPS) is 10.4. The van der Waals surface area contributed by atoms with Crippen LogP contribution in [0.15, 0.2) is 72.9 Å². The quantitative estimate of drug-likeness (QED) is 0.642. The Labute approximate surface area is 158 Å². The molecule has 0 spiro atoms. The van der Waals surface area contributed by atoms with E-state index < -0.39 is 0 Å². The van der Waals surface area contributed by atoms with E-state index in [1.807, 2.05) is 54.6 Å². The third-order valence-electron chi connectivity index (χ3n) is 4.11. The molecule has 5 nitrogen and oxygen atoms in total. The van der Waals surface area contributed by atoms with Crippen molar-refractivity contribution in [3.63, 3.8) is 0 Å². The Kier molecular flexibility index (Phi) is 6.41. The van der Waals surface area contributed by atoms with Crippen molar-refractivity contribution in [1.29, 1.82) is 0 Å². The molecule has 27 heavy (non-hydrogen) atoms. The lowest BCUT2D eigenvalue weighted by molar-refractivity contribution is -0.121. The molecular weight excluding hydrogens is 340 g/mol. The van der Waals surface area contributed by atoms with E-state index >= 15 is 0 Å². The second kappa shape index (κ2) is 9.38. The van der Waals surface area contributed by atoms with Crippen LogP contribution in [-0.4, -0.2) is 16.0 Å². The van der Waals surface area contributed by atoms with Crippen LogP contribution in [0.5, 0.6) is 11.5 Å². The minimum Gasteiger partial charge on any atom is -0.508 e. The van der Waals surface area contributed by atoms with E-state index in [-0.39, 0.29) is 11.7 Å². The molecule has 0 saturated heterocycles. The van der Waals surface area contributed by atoms with Crippen LogP contribution in [0.1, 0.15) is 23.2 Å². The van der Waals surface area contributed by atoms with E-state index in [0.717, 1.165) is 22.6 Å². The molecule has 3 aromatic rings.